The third-order valence-corrected chi connectivity index (χ3v) is 3.19. The fourth-order valence-corrected chi connectivity index (χ4v) is 2.06. The summed E-state index contributed by atoms with van der Waals surface area (Å²) >= 11 is 0. The van der Waals surface area contributed by atoms with Crippen LogP contribution in [0.3, 0.4) is 0 Å². The topological polar surface area (TPSA) is 38.3 Å². The minimum absolute atomic E-state index is 0.181. The quantitative estimate of drug-likeness (QED) is 0.550. The Hall–Kier alpha value is -1.35. The first kappa shape index (κ1) is 15.7. The molecule has 0 aliphatic carbocycles. The number of nitrogens with one attached hydrogen (secondary N) is 1. The zero-order valence-electron chi connectivity index (χ0n) is 12.0. The number of hydrogen-bond acceptors (Lipinski definition) is 3. The molecule has 0 saturated heterocycles. The number of unbranched alkanes of at least 4 members (excludes halogenated alkanes) is 3. The summed E-state index contributed by atoms with van der Waals surface area (Å²) in [6, 6.07) is 9.79. The van der Waals surface area contributed by atoms with Gasteiger partial charge in [-0.05, 0) is 24.9 Å². The van der Waals surface area contributed by atoms with Crippen LogP contribution in [0.4, 0.5) is 0 Å². The lowest BCUT2D eigenvalue weighted by molar-refractivity contribution is -0.143. The second kappa shape index (κ2) is 9.56. The zero-order chi connectivity index (χ0) is 13.9. The third kappa shape index (κ3) is 6.39. The van der Waals surface area contributed by atoms with Gasteiger partial charge in [0.25, 0.3) is 0 Å². The lowest BCUT2D eigenvalue weighted by Crippen LogP contribution is -2.39. The van der Waals surface area contributed by atoms with E-state index in [9.17, 15) is 4.79 Å². The number of esters is 1. The number of benzene rings is 1. The molecule has 1 atom stereocenters. The fraction of sp³-hybridized carbons (Fsp3) is 0.562. The van der Waals surface area contributed by atoms with E-state index in [2.05, 4.69) is 12.2 Å². The van der Waals surface area contributed by atoms with Crippen LogP contribution < -0.4 is 5.32 Å². The monoisotopic (exact) mass is 263 g/mol. The van der Waals surface area contributed by atoms with E-state index >= 15 is 0 Å². The zero-order valence-corrected chi connectivity index (χ0v) is 12.0. The summed E-state index contributed by atoms with van der Waals surface area (Å²) in [6.07, 6.45) is 5.48. The molecule has 0 amide bonds. The van der Waals surface area contributed by atoms with Gasteiger partial charge in [0.05, 0.1) is 7.11 Å². The average molecular weight is 263 g/mol. The van der Waals surface area contributed by atoms with Gasteiger partial charge in [-0.25, -0.2) is 0 Å². The van der Waals surface area contributed by atoms with Crippen molar-refractivity contribution >= 4 is 5.97 Å². The smallest absolute Gasteiger partial charge is 0.323 e. The highest BCUT2D eigenvalue weighted by atomic mass is 16.5. The van der Waals surface area contributed by atoms with E-state index in [-0.39, 0.29) is 12.0 Å². The summed E-state index contributed by atoms with van der Waals surface area (Å²) < 4.78 is 4.86. The van der Waals surface area contributed by atoms with Gasteiger partial charge in [0.1, 0.15) is 6.04 Å². The van der Waals surface area contributed by atoms with E-state index in [0.717, 1.165) is 18.5 Å². The number of hydrogen-bond donors (Lipinski definition) is 1. The van der Waals surface area contributed by atoms with Gasteiger partial charge in [0, 0.05) is 0 Å². The number of rotatable bonds is 9. The molecule has 0 aromatic heterocycles. The molecule has 19 heavy (non-hydrogen) atoms. The van der Waals surface area contributed by atoms with Crippen LogP contribution in [-0.2, 0) is 16.0 Å². The number of carbonyl (C=O) groups is 1. The van der Waals surface area contributed by atoms with Crippen LogP contribution in [0.1, 0.15) is 38.2 Å². The highest BCUT2D eigenvalue weighted by Crippen LogP contribution is 2.05. The minimum atomic E-state index is -0.242. The highest BCUT2D eigenvalue weighted by Gasteiger charge is 2.18. The van der Waals surface area contributed by atoms with E-state index in [1.165, 1.54) is 26.4 Å². The Bertz CT molecular complexity index is 351. The Kier molecular flexibility index (Phi) is 7.91. The Morgan fingerprint density at radius 1 is 1.21 bits per heavy atom. The van der Waals surface area contributed by atoms with Crippen molar-refractivity contribution in [2.45, 2.75) is 45.1 Å². The standard InChI is InChI=1S/C16H25NO2/c1-3-4-5-9-12-17-15(16(18)19-2)13-14-10-7-6-8-11-14/h6-8,10-11,15,17H,3-5,9,12-13H2,1-2H3/t15-/m1/s1. The van der Waals surface area contributed by atoms with Gasteiger partial charge in [-0.1, -0.05) is 56.5 Å². The molecule has 1 aromatic rings. The van der Waals surface area contributed by atoms with Crippen LogP contribution in [0.2, 0.25) is 0 Å². The third-order valence-electron chi connectivity index (χ3n) is 3.19. The molecule has 3 nitrogen and oxygen atoms in total. The fourth-order valence-electron chi connectivity index (χ4n) is 2.06. The van der Waals surface area contributed by atoms with Crippen molar-refractivity contribution in [1.29, 1.82) is 0 Å². The van der Waals surface area contributed by atoms with Crippen LogP contribution in [0.15, 0.2) is 30.3 Å². The van der Waals surface area contributed by atoms with Crippen molar-refractivity contribution in [2.75, 3.05) is 13.7 Å². The van der Waals surface area contributed by atoms with E-state index in [0.29, 0.717) is 6.42 Å². The van der Waals surface area contributed by atoms with Gasteiger partial charge in [-0.3, -0.25) is 4.79 Å². The second-order valence-corrected chi connectivity index (χ2v) is 4.78. The first-order valence-corrected chi connectivity index (χ1v) is 7.13. The van der Waals surface area contributed by atoms with Gasteiger partial charge in [-0.15, -0.1) is 0 Å². The van der Waals surface area contributed by atoms with Crippen LogP contribution in [-0.4, -0.2) is 25.7 Å². The van der Waals surface area contributed by atoms with Crippen molar-refractivity contribution in [2.24, 2.45) is 0 Å². The SMILES string of the molecule is CCCCCCN[C@H](Cc1ccccc1)C(=O)OC. The number of carbonyl (C=O) groups excluding carboxylic acids is 1. The minimum Gasteiger partial charge on any atom is -0.468 e. The van der Waals surface area contributed by atoms with E-state index in [1.54, 1.807) is 0 Å². The Balaban J connectivity index is 2.41. The number of ether oxygens (including phenoxy) is 1. The molecule has 0 fully saturated rings. The van der Waals surface area contributed by atoms with E-state index in [1.807, 2.05) is 30.3 Å². The maximum absolute atomic E-state index is 11.8. The predicted molar refractivity (Wildman–Crippen MR) is 78.1 cm³/mol. The summed E-state index contributed by atoms with van der Waals surface area (Å²) in [5, 5.41) is 3.30. The van der Waals surface area contributed by atoms with Crippen molar-refractivity contribution in [3.8, 4) is 0 Å². The molecule has 1 N–H and O–H groups in total. The summed E-state index contributed by atoms with van der Waals surface area (Å²) in [7, 11) is 1.44. The Morgan fingerprint density at radius 3 is 2.58 bits per heavy atom. The summed E-state index contributed by atoms with van der Waals surface area (Å²) in [5.74, 6) is -0.181. The summed E-state index contributed by atoms with van der Waals surface area (Å²) in [4.78, 5) is 11.8. The second-order valence-electron chi connectivity index (χ2n) is 4.78. The lowest BCUT2D eigenvalue weighted by atomic mass is 10.1. The lowest BCUT2D eigenvalue weighted by Gasteiger charge is -2.16. The van der Waals surface area contributed by atoms with Crippen LogP contribution in [0, 0.1) is 0 Å². The molecule has 3 heteroatoms. The molecule has 0 radical (unpaired) electrons. The van der Waals surface area contributed by atoms with Gasteiger partial charge in [-0.2, -0.15) is 0 Å². The largest absolute Gasteiger partial charge is 0.468 e. The van der Waals surface area contributed by atoms with Gasteiger partial charge in [0.15, 0.2) is 0 Å². The van der Waals surface area contributed by atoms with Crippen LogP contribution in [0.5, 0.6) is 0 Å². The summed E-state index contributed by atoms with van der Waals surface area (Å²) in [5.41, 5.74) is 1.15. The van der Waals surface area contributed by atoms with Crippen molar-refractivity contribution in [1.82, 2.24) is 5.32 Å². The first-order valence-electron chi connectivity index (χ1n) is 7.13. The molecule has 0 spiro atoms. The molecule has 0 unspecified atom stereocenters. The molecule has 1 aromatic carbocycles. The van der Waals surface area contributed by atoms with E-state index in [4.69, 9.17) is 4.74 Å². The molecule has 106 valence electrons. The Labute approximate surface area is 116 Å². The maximum atomic E-state index is 11.8. The predicted octanol–water partition coefficient (Wildman–Crippen LogP) is 2.94. The summed E-state index contributed by atoms with van der Waals surface area (Å²) in [6.45, 7) is 3.06. The average Bonchev–Trinajstić information content (AvgIpc) is 2.46. The molecule has 1 rings (SSSR count). The molecule has 0 aliphatic rings. The van der Waals surface area contributed by atoms with Crippen LogP contribution >= 0.6 is 0 Å². The highest BCUT2D eigenvalue weighted by molar-refractivity contribution is 5.76. The van der Waals surface area contributed by atoms with Gasteiger partial charge < -0.3 is 10.1 Å². The maximum Gasteiger partial charge on any atom is 0.323 e. The van der Waals surface area contributed by atoms with Gasteiger partial charge in [0.2, 0.25) is 0 Å². The molecule has 0 bridgehead atoms. The van der Waals surface area contributed by atoms with Crippen molar-refractivity contribution < 1.29 is 9.53 Å². The number of methoxy groups -OCH3 is 1. The Morgan fingerprint density at radius 2 is 1.95 bits per heavy atom. The van der Waals surface area contributed by atoms with Crippen molar-refractivity contribution in [3.05, 3.63) is 35.9 Å². The molecule has 0 aliphatic heterocycles. The molecular weight excluding hydrogens is 238 g/mol. The van der Waals surface area contributed by atoms with Crippen LogP contribution in [0.25, 0.3) is 0 Å². The molecule has 0 saturated carbocycles. The molecular formula is C16H25NO2. The van der Waals surface area contributed by atoms with E-state index < -0.39 is 0 Å². The molecule has 0 heterocycles. The normalized spacial score (nSPS) is 12.1. The first-order chi connectivity index (χ1) is 9.27. The van der Waals surface area contributed by atoms with Crippen molar-refractivity contribution in [3.63, 3.8) is 0 Å². The van der Waals surface area contributed by atoms with Gasteiger partial charge >= 0.3 is 5.97 Å².